The zero-order chi connectivity index (χ0) is 19.4. The zero-order valence-corrected chi connectivity index (χ0v) is 16.1. The number of rotatable bonds is 6. The van der Waals surface area contributed by atoms with Crippen molar-refractivity contribution in [3.05, 3.63) is 29.3 Å². The fourth-order valence-electron chi connectivity index (χ4n) is 3.06. The summed E-state index contributed by atoms with van der Waals surface area (Å²) in [5.41, 5.74) is 2.51. The van der Waals surface area contributed by atoms with Gasteiger partial charge in [0.05, 0.1) is 0 Å². The molecule has 1 aromatic carbocycles. The van der Waals surface area contributed by atoms with Gasteiger partial charge in [0.2, 0.25) is 0 Å². The number of benzene rings is 1. The Balaban J connectivity index is 2.07. The first kappa shape index (κ1) is 19.9. The topological polar surface area (TPSA) is 81.8 Å². The number of nitrogens with one attached hydrogen (secondary N) is 2. The fraction of sp³-hybridized carbons (Fsp3) is 0.526. The molecule has 26 heavy (non-hydrogen) atoms. The molecule has 142 valence electrons. The molecule has 2 N–H and O–H groups in total. The smallest absolute Gasteiger partial charge is 0.310 e. The molecule has 0 bridgehead atoms. The van der Waals surface area contributed by atoms with Crippen LogP contribution in [-0.4, -0.2) is 55.8 Å². The summed E-state index contributed by atoms with van der Waals surface area (Å²) in [6.07, 6.45) is 0.748. The van der Waals surface area contributed by atoms with Gasteiger partial charge in [-0.25, -0.2) is 0 Å². The highest BCUT2D eigenvalue weighted by molar-refractivity contribution is 6.35. The highest BCUT2D eigenvalue weighted by Gasteiger charge is 2.40. The number of anilines is 1. The molecule has 1 aliphatic heterocycles. The molecule has 0 aliphatic carbocycles. The lowest BCUT2D eigenvalue weighted by atomic mass is 10.1. The number of nitrogens with zero attached hydrogens (tertiary/aromatic N) is 2. The zero-order valence-electron chi connectivity index (χ0n) is 16.1. The normalized spacial score (nSPS) is 16.2. The summed E-state index contributed by atoms with van der Waals surface area (Å²) in [6.45, 7) is 7.00. The van der Waals surface area contributed by atoms with Crippen molar-refractivity contribution in [3.63, 3.8) is 0 Å². The molecule has 1 aromatic rings. The standard InChI is InChI=1S/C19H28N4O3/c1-12(2)23-15-8-7-13(3)11-14(15)16(19(23)26)21-18(25)17(24)20-9-6-10-22(4)5/h7-8,11-12,16H,6,9-10H2,1-5H3,(H,20,24)(H,21,25)/t16-/m1/s1. The number of hydrogen-bond donors (Lipinski definition) is 2. The third-order valence-corrected chi connectivity index (χ3v) is 4.30. The number of carbonyl (C=O) groups excluding carboxylic acids is 3. The third-order valence-electron chi connectivity index (χ3n) is 4.30. The molecule has 0 saturated heterocycles. The van der Waals surface area contributed by atoms with Gasteiger partial charge in [-0.1, -0.05) is 17.7 Å². The van der Waals surface area contributed by atoms with Crippen LogP contribution in [0.5, 0.6) is 0 Å². The van der Waals surface area contributed by atoms with E-state index in [1.165, 1.54) is 0 Å². The second-order valence-corrected chi connectivity index (χ2v) is 7.18. The van der Waals surface area contributed by atoms with Crippen LogP contribution < -0.4 is 15.5 Å². The summed E-state index contributed by atoms with van der Waals surface area (Å²) < 4.78 is 0. The first-order valence-electron chi connectivity index (χ1n) is 8.89. The van der Waals surface area contributed by atoms with Crippen molar-refractivity contribution in [2.24, 2.45) is 0 Å². The maximum Gasteiger partial charge on any atom is 0.310 e. The van der Waals surface area contributed by atoms with Crippen molar-refractivity contribution >= 4 is 23.4 Å². The highest BCUT2D eigenvalue weighted by atomic mass is 16.2. The number of carbonyl (C=O) groups is 3. The number of hydrogen-bond acceptors (Lipinski definition) is 4. The average molecular weight is 360 g/mol. The number of amides is 3. The minimum atomic E-state index is -0.827. The van der Waals surface area contributed by atoms with Crippen LogP contribution in [0.1, 0.15) is 37.4 Å². The third kappa shape index (κ3) is 4.40. The van der Waals surface area contributed by atoms with Gasteiger partial charge in [-0.2, -0.15) is 0 Å². The van der Waals surface area contributed by atoms with E-state index < -0.39 is 17.9 Å². The molecule has 0 fully saturated rings. The summed E-state index contributed by atoms with van der Waals surface area (Å²) in [4.78, 5) is 40.7. The van der Waals surface area contributed by atoms with Crippen molar-refractivity contribution in [1.29, 1.82) is 0 Å². The molecule has 1 atom stereocenters. The van der Waals surface area contributed by atoms with Gasteiger partial charge in [0, 0.05) is 23.8 Å². The van der Waals surface area contributed by atoms with Gasteiger partial charge in [0.1, 0.15) is 6.04 Å². The van der Waals surface area contributed by atoms with Crippen LogP contribution >= 0.6 is 0 Å². The Hall–Kier alpha value is -2.41. The molecule has 3 amide bonds. The predicted octanol–water partition coefficient (Wildman–Crippen LogP) is 0.975. The van der Waals surface area contributed by atoms with E-state index in [1.807, 2.05) is 58.0 Å². The summed E-state index contributed by atoms with van der Waals surface area (Å²) in [5.74, 6) is -1.71. The minimum Gasteiger partial charge on any atom is -0.348 e. The van der Waals surface area contributed by atoms with Crippen molar-refractivity contribution in [2.45, 2.75) is 39.3 Å². The second kappa shape index (κ2) is 8.31. The molecule has 1 aliphatic rings. The van der Waals surface area contributed by atoms with Crippen molar-refractivity contribution in [3.8, 4) is 0 Å². The molecule has 0 radical (unpaired) electrons. The van der Waals surface area contributed by atoms with E-state index in [1.54, 1.807) is 4.90 Å². The van der Waals surface area contributed by atoms with Crippen LogP contribution in [0.2, 0.25) is 0 Å². The summed E-state index contributed by atoms with van der Waals surface area (Å²) in [7, 11) is 3.89. The Kier molecular flexibility index (Phi) is 6.37. The van der Waals surface area contributed by atoms with E-state index in [0.717, 1.165) is 29.8 Å². The van der Waals surface area contributed by atoms with Crippen molar-refractivity contribution in [2.75, 3.05) is 32.1 Å². The molecule has 2 rings (SSSR count). The lowest BCUT2D eigenvalue weighted by molar-refractivity contribution is -0.140. The predicted molar refractivity (Wildman–Crippen MR) is 101 cm³/mol. The molecule has 0 spiro atoms. The Labute approximate surface area is 154 Å². The van der Waals surface area contributed by atoms with Gasteiger partial charge in [0.25, 0.3) is 5.91 Å². The van der Waals surface area contributed by atoms with E-state index in [9.17, 15) is 14.4 Å². The summed E-state index contributed by atoms with van der Waals surface area (Å²) in [5, 5.41) is 5.19. The van der Waals surface area contributed by atoms with Crippen LogP contribution in [0.4, 0.5) is 5.69 Å². The lowest BCUT2D eigenvalue weighted by Crippen LogP contribution is -2.45. The first-order valence-corrected chi connectivity index (χ1v) is 8.89. The van der Waals surface area contributed by atoms with Gasteiger partial charge in [-0.3, -0.25) is 14.4 Å². The van der Waals surface area contributed by atoms with Crippen LogP contribution in [0.25, 0.3) is 0 Å². The molecule has 0 aromatic heterocycles. The monoisotopic (exact) mass is 360 g/mol. The van der Waals surface area contributed by atoms with Crippen molar-refractivity contribution in [1.82, 2.24) is 15.5 Å². The molecule has 0 saturated carbocycles. The Morgan fingerprint density at radius 2 is 1.92 bits per heavy atom. The van der Waals surface area contributed by atoms with E-state index in [-0.39, 0.29) is 11.9 Å². The van der Waals surface area contributed by atoms with Gasteiger partial charge in [-0.15, -0.1) is 0 Å². The van der Waals surface area contributed by atoms with E-state index in [2.05, 4.69) is 10.6 Å². The highest BCUT2D eigenvalue weighted by Crippen LogP contribution is 2.37. The van der Waals surface area contributed by atoms with Crippen LogP contribution in [0, 0.1) is 6.92 Å². The Bertz CT molecular complexity index is 700. The largest absolute Gasteiger partial charge is 0.348 e. The molecule has 0 unspecified atom stereocenters. The van der Waals surface area contributed by atoms with Gasteiger partial charge in [0.15, 0.2) is 0 Å². The lowest BCUT2D eigenvalue weighted by Gasteiger charge is -2.22. The molecule has 7 nitrogen and oxygen atoms in total. The van der Waals surface area contributed by atoms with Gasteiger partial charge in [-0.05, 0) is 53.9 Å². The molecular formula is C19H28N4O3. The Morgan fingerprint density at radius 3 is 2.54 bits per heavy atom. The van der Waals surface area contributed by atoms with E-state index in [0.29, 0.717) is 6.54 Å². The number of aryl methyl sites for hydroxylation is 1. The second-order valence-electron chi connectivity index (χ2n) is 7.18. The summed E-state index contributed by atoms with van der Waals surface area (Å²) in [6, 6.07) is 4.84. The fourth-order valence-corrected chi connectivity index (χ4v) is 3.06. The van der Waals surface area contributed by atoms with E-state index >= 15 is 0 Å². The number of fused-ring (bicyclic) bond motifs is 1. The van der Waals surface area contributed by atoms with Crippen LogP contribution in [0.15, 0.2) is 18.2 Å². The van der Waals surface area contributed by atoms with Crippen LogP contribution in [-0.2, 0) is 14.4 Å². The van der Waals surface area contributed by atoms with Gasteiger partial charge >= 0.3 is 11.8 Å². The average Bonchev–Trinajstić information content (AvgIpc) is 2.83. The van der Waals surface area contributed by atoms with Gasteiger partial charge < -0.3 is 20.4 Å². The maximum atomic E-state index is 12.8. The minimum absolute atomic E-state index is 0.0364. The quantitative estimate of drug-likeness (QED) is 0.585. The Morgan fingerprint density at radius 1 is 1.23 bits per heavy atom. The molecule has 7 heteroatoms. The van der Waals surface area contributed by atoms with E-state index in [4.69, 9.17) is 0 Å². The molecule has 1 heterocycles. The molecular weight excluding hydrogens is 332 g/mol. The first-order chi connectivity index (χ1) is 12.2. The van der Waals surface area contributed by atoms with Crippen molar-refractivity contribution < 1.29 is 14.4 Å². The SMILES string of the molecule is Cc1ccc2c(c1)[C@@H](NC(=O)C(=O)NCCCN(C)C)C(=O)N2C(C)C. The maximum absolute atomic E-state index is 12.8. The summed E-state index contributed by atoms with van der Waals surface area (Å²) >= 11 is 0. The van der Waals surface area contributed by atoms with Crippen LogP contribution in [0.3, 0.4) is 0 Å².